The Kier molecular flexibility index (Phi) is 2.92. The highest BCUT2D eigenvalue weighted by molar-refractivity contribution is 5.73. The Morgan fingerprint density at radius 2 is 2.12 bits per heavy atom. The van der Waals surface area contributed by atoms with Crippen LogP contribution in [0.5, 0.6) is 0 Å². The van der Waals surface area contributed by atoms with Crippen LogP contribution in [0.3, 0.4) is 0 Å². The van der Waals surface area contributed by atoms with E-state index in [9.17, 15) is 0 Å². The van der Waals surface area contributed by atoms with Gasteiger partial charge < -0.3 is 0 Å². The molecule has 84 valence electrons. The second-order valence-electron chi connectivity index (χ2n) is 2.92. The molecule has 2 aliphatic heterocycles. The van der Waals surface area contributed by atoms with E-state index < -0.39 is 0 Å². The van der Waals surface area contributed by atoms with E-state index in [-0.39, 0.29) is 5.82 Å². The first-order valence-corrected chi connectivity index (χ1v) is 5.23. The molecule has 1 aromatic heterocycles. The quantitative estimate of drug-likeness (QED) is 0.580. The van der Waals surface area contributed by atoms with Crippen molar-refractivity contribution >= 4 is 5.52 Å². The third-order valence-electron chi connectivity index (χ3n) is 2.12. The fourth-order valence-electron chi connectivity index (χ4n) is 1.48. The van der Waals surface area contributed by atoms with E-state index in [1.165, 1.54) is 6.33 Å². The van der Waals surface area contributed by atoms with Crippen LogP contribution in [0.25, 0.3) is 17.0 Å². The van der Waals surface area contributed by atoms with Crippen molar-refractivity contribution in [1.82, 2.24) is 24.3 Å². The molecule has 0 aromatic carbocycles. The van der Waals surface area contributed by atoms with Crippen LogP contribution in [0.15, 0.2) is 24.9 Å². The maximum atomic E-state index is 8.93. The van der Waals surface area contributed by atoms with Gasteiger partial charge in [-0.1, -0.05) is 13.8 Å². The molecule has 0 atom stereocenters. The fraction of sp³-hybridized carbons (Fsp3) is 0.182. The highest BCUT2D eigenvalue weighted by Gasteiger charge is 2.14. The van der Waals surface area contributed by atoms with Gasteiger partial charge in [0.2, 0.25) is 5.82 Å². The normalized spacial score (nSPS) is 9.71. The van der Waals surface area contributed by atoms with E-state index in [2.05, 4.69) is 19.9 Å². The van der Waals surface area contributed by atoms with Gasteiger partial charge in [-0.3, -0.25) is 9.38 Å². The van der Waals surface area contributed by atoms with Crippen molar-refractivity contribution in [2.45, 2.75) is 13.8 Å². The Morgan fingerprint density at radius 3 is 2.88 bits per heavy atom. The van der Waals surface area contributed by atoms with Gasteiger partial charge in [0.1, 0.15) is 18.1 Å². The van der Waals surface area contributed by atoms with Crippen LogP contribution in [0.4, 0.5) is 0 Å². The van der Waals surface area contributed by atoms with Gasteiger partial charge in [0.05, 0.1) is 11.7 Å². The van der Waals surface area contributed by atoms with Gasteiger partial charge in [-0.05, 0) is 0 Å². The predicted octanol–water partition coefficient (Wildman–Crippen LogP) is 1.52. The van der Waals surface area contributed by atoms with Gasteiger partial charge in [-0.25, -0.2) is 9.97 Å². The van der Waals surface area contributed by atoms with Crippen molar-refractivity contribution in [2.24, 2.45) is 0 Å². The molecule has 0 amide bonds. The van der Waals surface area contributed by atoms with Crippen LogP contribution in [0.2, 0.25) is 0 Å². The van der Waals surface area contributed by atoms with Crippen LogP contribution in [-0.4, -0.2) is 24.3 Å². The Hall–Kier alpha value is -2.55. The molecule has 2 aliphatic rings. The lowest BCUT2D eigenvalue weighted by Gasteiger charge is -2.04. The number of fused-ring (bicyclic) bond motifs is 3. The molecule has 3 heterocycles. The summed E-state index contributed by atoms with van der Waals surface area (Å²) in [6, 6.07) is 2.01. The summed E-state index contributed by atoms with van der Waals surface area (Å²) in [5, 5.41) is 8.93. The Morgan fingerprint density at radius 1 is 1.29 bits per heavy atom. The zero-order valence-corrected chi connectivity index (χ0v) is 9.49. The highest BCUT2D eigenvalue weighted by atomic mass is 15.1. The second-order valence-corrected chi connectivity index (χ2v) is 2.92. The van der Waals surface area contributed by atoms with Crippen LogP contribution in [0, 0.1) is 11.3 Å². The molecule has 6 heteroatoms. The molecule has 0 radical (unpaired) electrons. The average molecular weight is 226 g/mol. The molecule has 0 saturated carbocycles. The number of nitrogens with zero attached hydrogens (tertiary/aromatic N) is 6. The van der Waals surface area contributed by atoms with Crippen LogP contribution >= 0.6 is 0 Å². The maximum Gasteiger partial charge on any atom is 0.219 e. The average Bonchev–Trinajstić information content (AvgIpc) is 2.88. The molecule has 0 N–H and O–H groups in total. The van der Waals surface area contributed by atoms with Crippen LogP contribution < -0.4 is 0 Å². The van der Waals surface area contributed by atoms with E-state index in [1.807, 2.05) is 19.9 Å². The Labute approximate surface area is 98.0 Å². The fourth-order valence-corrected chi connectivity index (χ4v) is 1.48. The van der Waals surface area contributed by atoms with Gasteiger partial charge in [0.15, 0.2) is 5.82 Å². The smallest absolute Gasteiger partial charge is 0.219 e. The summed E-state index contributed by atoms with van der Waals surface area (Å²) in [5.41, 5.74) is 1.39. The summed E-state index contributed by atoms with van der Waals surface area (Å²) < 4.78 is 1.64. The lowest BCUT2D eigenvalue weighted by molar-refractivity contribution is 0.998. The first kappa shape index (κ1) is 11.0. The minimum absolute atomic E-state index is 0.278. The molecule has 0 fully saturated rings. The molecule has 6 nitrogen and oxygen atoms in total. The van der Waals surface area contributed by atoms with Crippen molar-refractivity contribution in [1.29, 1.82) is 5.26 Å². The van der Waals surface area contributed by atoms with Gasteiger partial charge in [-0.2, -0.15) is 10.2 Å². The molecule has 17 heavy (non-hydrogen) atoms. The zero-order valence-electron chi connectivity index (χ0n) is 9.49. The van der Waals surface area contributed by atoms with E-state index in [0.717, 1.165) is 5.52 Å². The Balaban J connectivity index is 0.000000514. The van der Waals surface area contributed by atoms with E-state index in [0.29, 0.717) is 11.5 Å². The summed E-state index contributed by atoms with van der Waals surface area (Å²) in [7, 11) is 0. The summed E-state index contributed by atoms with van der Waals surface area (Å²) in [6.45, 7) is 4.00. The lowest BCUT2D eigenvalue weighted by Crippen LogP contribution is -2.02. The SMILES string of the molecule is CC.N#Cc1nc2ncnc-2c2cnccn12. The van der Waals surface area contributed by atoms with Crippen molar-refractivity contribution in [3.63, 3.8) is 0 Å². The third kappa shape index (κ3) is 1.67. The van der Waals surface area contributed by atoms with Crippen molar-refractivity contribution in [3.8, 4) is 17.6 Å². The van der Waals surface area contributed by atoms with E-state index >= 15 is 0 Å². The van der Waals surface area contributed by atoms with Crippen LogP contribution in [0.1, 0.15) is 19.7 Å². The lowest BCUT2D eigenvalue weighted by atomic mass is 10.3. The van der Waals surface area contributed by atoms with Gasteiger partial charge in [-0.15, -0.1) is 0 Å². The van der Waals surface area contributed by atoms with E-state index in [1.54, 1.807) is 23.0 Å². The predicted molar refractivity (Wildman–Crippen MR) is 61.3 cm³/mol. The molecule has 1 aromatic rings. The first-order chi connectivity index (χ1) is 8.40. The number of hydrogen-bond donors (Lipinski definition) is 0. The number of nitriles is 1. The topological polar surface area (TPSA) is 79.8 Å². The number of imidazole rings is 1. The molecule has 0 bridgehead atoms. The minimum atomic E-state index is 0.278. The highest BCUT2D eigenvalue weighted by Crippen LogP contribution is 2.20. The standard InChI is InChI=1S/C9H4N6.C2H6/c10-3-7-14-9-8(12-5-13-9)6-4-11-1-2-15(6)7;1-2/h1-2,4-5H;1-2H3. The van der Waals surface area contributed by atoms with Crippen molar-refractivity contribution in [3.05, 3.63) is 30.7 Å². The molecule has 0 saturated heterocycles. The molecular weight excluding hydrogens is 216 g/mol. The summed E-state index contributed by atoms with van der Waals surface area (Å²) in [6.07, 6.45) is 6.33. The maximum absolute atomic E-state index is 8.93. The number of hydrogen-bond acceptors (Lipinski definition) is 5. The Bertz CT molecular complexity index is 651. The summed E-state index contributed by atoms with van der Waals surface area (Å²) in [5.74, 6) is 0.750. The summed E-state index contributed by atoms with van der Waals surface area (Å²) >= 11 is 0. The summed E-state index contributed by atoms with van der Waals surface area (Å²) in [4.78, 5) is 16.1. The monoisotopic (exact) mass is 226 g/mol. The van der Waals surface area contributed by atoms with Crippen molar-refractivity contribution in [2.75, 3.05) is 0 Å². The molecule has 0 aliphatic carbocycles. The van der Waals surface area contributed by atoms with Crippen molar-refractivity contribution < 1.29 is 0 Å². The first-order valence-electron chi connectivity index (χ1n) is 5.23. The number of rotatable bonds is 0. The van der Waals surface area contributed by atoms with E-state index in [4.69, 9.17) is 5.26 Å². The van der Waals surface area contributed by atoms with Gasteiger partial charge in [0.25, 0.3) is 0 Å². The molecule has 0 unspecified atom stereocenters. The molecule has 0 spiro atoms. The zero-order chi connectivity index (χ0) is 12.3. The molecular formula is C11H10N6. The molecule has 3 rings (SSSR count). The third-order valence-corrected chi connectivity index (χ3v) is 2.12. The van der Waals surface area contributed by atoms with Gasteiger partial charge in [0, 0.05) is 12.4 Å². The second kappa shape index (κ2) is 4.53. The largest absolute Gasteiger partial charge is 0.287 e. The van der Waals surface area contributed by atoms with Gasteiger partial charge >= 0.3 is 0 Å². The number of aromatic nitrogens is 5. The minimum Gasteiger partial charge on any atom is -0.287 e. The van der Waals surface area contributed by atoms with Crippen LogP contribution in [-0.2, 0) is 0 Å².